The number of allylic oxidation sites excluding steroid dienone is 1. The molecule has 3 aromatic rings. The van der Waals surface area contributed by atoms with Crippen molar-refractivity contribution >= 4 is 69.7 Å². The van der Waals surface area contributed by atoms with Gasteiger partial charge < -0.3 is 66.7 Å². The number of aryl methyl sites for hydroxylation is 2. The van der Waals surface area contributed by atoms with E-state index in [-0.39, 0.29) is 40.4 Å². The molecule has 0 aliphatic carbocycles. The fourth-order valence-electron chi connectivity index (χ4n) is 9.24. The Hall–Kier alpha value is -5.54. The molecule has 4 atom stereocenters. The summed E-state index contributed by atoms with van der Waals surface area (Å²) in [6, 6.07) is -2.16. The van der Waals surface area contributed by atoms with E-state index in [0.717, 1.165) is 19.3 Å². The molecular formula is C45H62N12O6S3. The average Bonchev–Trinajstić information content (AvgIpc) is 4.01. The van der Waals surface area contributed by atoms with Crippen LogP contribution in [-0.4, -0.2) is 74.9 Å². The van der Waals surface area contributed by atoms with Gasteiger partial charge in [0.25, 0.3) is 17.7 Å². The third-order valence-electron chi connectivity index (χ3n) is 12.5. The Morgan fingerprint density at radius 3 is 1.39 bits per heavy atom. The van der Waals surface area contributed by atoms with Crippen molar-refractivity contribution in [2.24, 2.45) is 0 Å². The molecule has 2 aromatic heterocycles. The van der Waals surface area contributed by atoms with Crippen molar-refractivity contribution < 1.29 is 28.0 Å². The number of hydrogen-bond acceptors (Lipinski definition) is 12. The molecule has 0 spiro atoms. The molecule has 12 bridgehead atoms. The molecular weight excluding hydrogens is 901 g/mol. The van der Waals surface area contributed by atoms with Crippen LogP contribution in [-0.2, 0) is 48.4 Å². The minimum absolute atomic E-state index is 0.0418. The molecule has 3 amide bonds. The summed E-state index contributed by atoms with van der Waals surface area (Å²) >= 11 is 17.6. The van der Waals surface area contributed by atoms with Crippen LogP contribution in [0.5, 0.6) is 0 Å². The third kappa shape index (κ3) is 11.0. The maximum Gasteiger partial charge on any atom is 0.274 e. The number of carbonyl (C=O) groups excluding carboxylic acids is 3. The summed E-state index contributed by atoms with van der Waals surface area (Å²) in [7, 11) is 0. The molecule has 1 aromatic carbocycles. The predicted octanol–water partition coefficient (Wildman–Crippen LogP) is 3.84. The van der Waals surface area contributed by atoms with Crippen LogP contribution in [0, 0.1) is 13.8 Å². The summed E-state index contributed by atoms with van der Waals surface area (Å²) in [4.78, 5) is 51.9. The second-order valence-corrected chi connectivity index (χ2v) is 18.1. The van der Waals surface area contributed by atoms with Gasteiger partial charge in [-0.05, 0) is 149 Å². The molecule has 0 saturated heterocycles. The van der Waals surface area contributed by atoms with Gasteiger partial charge in [0.05, 0.1) is 6.04 Å². The van der Waals surface area contributed by atoms with Crippen LogP contribution >= 0.6 is 36.7 Å². The first-order chi connectivity index (χ1) is 31.8. The summed E-state index contributed by atoms with van der Waals surface area (Å²) < 4.78 is 18.7. The number of hydrogen-bond donors (Lipinski definition) is 10. The first kappa shape index (κ1) is 48.4. The van der Waals surface area contributed by atoms with Crippen molar-refractivity contribution in [3.63, 3.8) is 0 Å². The number of rotatable bonds is 3. The van der Waals surface area contributed by atoms with Gasteiger partial charge in [-0.3, -0.25) is 14.4 Å². The van der Waals surface area contributed by atoms with E-state index in [9.17, 15) is 14.4 Å². The fourth-order valence-corrected chi connectivity index (χ4v) is 9.76. The van der Waals surface area contributed by atoms with Crippen LogP contribution in [0.4, 0.5) is 0 Å². The first-order valence-electron chi connectivity index (χ1n) is 23.0. The number of oxazole rings is 2. The zero-order valence-corrected chi connectivity index (χ0v) is 40.9. The highest BCUT2D eigenvalue weighted by Crippen LogP contribution is 2.32. The Labute approximate surface area is 401 Å². The van der Waals surface area contributed by atoms with Gasteiger partial charge in [-0.15, -0.1) is 0 Å². The Kier molecular flexibility index (Phi) is 16.0. The highest BCUT2D eigenvalue weighted by Gasteiger charge is 2.37. The van der Waals surface area contributed by atoms with E-state index in [1.165, 1.54) is 33.4 Å². The molecule has 5 aliphatic rings. The summed E-state index contributed by atoms with van der Waals surface area (Å²) in [5, 5.41) is 34.5. The Balaban J connectivity index is 1.35. The van der Waals surface area contributed by atoms with Gasteiger partial charge in [0, 0.05) is 39.3 Å². The van der Waals surface area contributed by atoms with Crippen LogP contribution in [0.3, 0.4) is 0 Å². The van der Waals surface area contributed by atoms with Crippen LogP contribution in [0.1, 0.15) is 156 Å². The van der Waals surface area contributed by atoms with Crippen molar-refractivity contribution in [2.45, 2.75) is 143 Å². The maximum atomic E-state index is 14.2. The van der Waals surface area contributed by atoms with Crippen molar-refractivity contribution in [2.75, 3.05) is 19.6 Å². The van der Waals surface area contributed by atoms with Crippen LogP contribution in [0.2, 0.25) is 0 Å². The molecule has 0 saturated carbocycles. The zero-order valence-electron chi connectivity index (χ0n) is 38.5. The number of nitrogens with one attached hydrogen (secondary N) is 10. The molecule has 10 N–H and O–H groups in total. The minimum Gasteiger partial charge on any atom is -0.471 e. The van der Waals surface area contributed by atoms with Gasteiger partial charge in [0.15, 0.2) is 33.0 Å². The summed E-state index contributed by atoms with van der Waals surface area (Å²) in [6.07, 6.45) is 4.42. The molecule has 66 heavy (non-hydrogen) atoms. The molecule has 0 radical (unpaired) electrons. The second kappa shape index (κ2) is 21.8. The normalized spacial score (nSPS) is 22.7. The van der Waals surface area contributed by atoms with E-state index in [1.54, 1.807) is 20.8 Å². The summed E-state index contributed by atoms with van der Waals surface area (Å²) in [5.41, 5.74) is 7.60. The molecule has 18 nitrogen and oxygen atoms in total. The lowest BCUT2D eigenvalue weighted by atomic mass is 9.83. The van der Waals surface area contributed by atoms with Gasteiger partial charge in [-0.2, -0.15) is 0 Å². The monoisotopic (exact) mass is 962 g/mol. The Morgan fingerprint density at radius 2 is 0.955 bits per heavy atom. The predicted molar refractivity (Wildman–Crippen MR) is 260 cm³/mol. The number of ether oxygens (including phenoxy) is 1. The van der Waals surface area contributed by atoms with E-state index in [2.05, 4.69) is 83.9 Å². The van der Waals surface area contributed by atoms with E-state index >= 15 is 0 Å². The number of carbonyl (C=O) groups is 3. The van der Waals surface area contributed by atoms with Crippen molar-refractivity contribution in [1.82, 2.24) is 63.1 Å². The van der Waals surface area contributed by atoms with Gasteiger partial charge >= 0.3 is 0 Å². The van der Waals surface area contributed by atoms with Crippen LogP contribution in [0.25, 0.3) is 0 Å². The number of benzene rings is 1. The quantitative estimate of drug-likeness (QED) is 0.168. The lowest BCUT2D eigenvalue weighted by Gasteiger charge is -2.28. The first-order valence-corrected chi connectivity index (χ1v) is 24.3. The van der Waals surface area contributed by atoms with E-state index in [0.29, 0.717) is 98.9 Å². The van der Waals surface area contributed by atoms with E-state index < -0.39 is 42.1 Å². The topological polar surface area (TPSA) is 233 Å². The lowest BCUT2D eigenvalue weighted by Crippen LogP contribution is -2.50. The molecule has 0 fully saturated rings. The Bertz CT molecular complexity index is 2390. The number of amides is 3. The second-order valence-electron chi connectivity index (χ2n) is 16.8. The smallest absolute Gasteiger partial charge is 0.274 e. The van der Waals surface area contributed by atoms with Crippen molar-refractivity contribution in [3.05, 3.63) is 79.5 Å². The fraction of sp³-hybridized carbons (Fsp3) is 0.556. The number of fused-ring (bicyclic) bond motifs is 21. The highest BCUT2D eigenvalue weighted by atomic mass is 32.1. The van der Waals surface area contributed by atoms with Crippen molar-refractivity contribution in [3.8, 4) is 0 Å². The third-order valence-corrected chi connectivity index (χ3v) is 13.4. The number of thiocarbonyl (C=S) groups is 3. The molecule has 356 valence electrons. The highest BCUT2D eigenvalue weighted by molar-refractivity contribution is 7.80. The van der Waals surface area contributed by atoms with Gasteiger partial charge in [0.2, 0.25) is 11.8 Å². The minimum atomic E-state index is -0.810. The molecule has 21 heteroatoms. The summed E-state index contributed by atoms with van der Waals surface area (Å²) in [6.45, 7) is 14.5. The van der Waals surface area contributed by atoms with Crippen LogP contribution < -0.4 is 53.2 Å². The standard InChI is InChI=1S/C45H62N12O6S3/c1-7-25-28-19-49-43(64)46-16-10-13-31-40-55-34(22(4)61-40)37(58)52-32-14-11-17-47-44(65)50-20-29(25)27(9-3)30(26(28)8-2)21-51-45(66)48-18-12-15-33(42-57-35(24(6)63-42)38(59)53-31)54-39(60)36-23(5)62-41(32)56-36/h31-33,40,55H,7-21H2,1-6H3,(H,52,58)(H,53,59)(H,54,60)(H2,46,49,64)(H2,47,50,65)(H2,48,51,66). The van der Waals surface area contributed by atoms with Crippen LogP contribution in [0.15, 0.2) is 20.3 Å². The number of aromatic nitrogens is 2. The Morgan fingerprint density at radius 1 is 0.545 bits per heavy atom. The maximum absolute atomic E-state index is 14.2. The van der Waals surface area contributed by atoms with E-state index in [1.807, 2.05) is 0 Å². The zero-order chi connectivity index (χ0) is 47.1. The van der Waals surface area contributed by atoms with Gasteiger partial charge in [0.1, 0.15) is 35.1 Å². The molecule has 7 heterocycles. The van der Waals surface area contributed by atoms with Crippen molar-refractivity contribution in [1.29, 1.82) is 0 Å². The molecule has 4 unspecified atom stereocenters. The van der Waals surface area contributed by atoms with Gasteiger partial charge in [-0.25, -0.2) is 9.97 Å². The molecule has 8 rings (SSSR count). The summed E-state index contributed by atoms with van der Waals surface area (Å²) in [5.74, 6) is -0.307. The van der Waals surface area contributed by atoms with E-state index in [4.69, 9.17) is 50.2 Å². The van der Waals surface area contributed by atoms with Gasteiger partial charge in [-0.1, -0.05) is 20.8 Å². The lowest BCUT2D eigenvalue weighted by molar-refractivity contribution is -0.118. The SMILES string of the molecule is CCc1c2c(CC)c3c(CC)c1CNC(=S)NCCCC1NC(=O)c4nc(oc4C)C(CCCNC(=S)NC2)NC(=O)C2=C(C)OC(N2)C(CCCNC(=S)NC3)NC(=O)c2nc1oc2C. The number of nitrogens with zero attached hydrogens (tertiary/aromatic N) is 2. The largest absolute Gasteiger partial charge is 0.471 e. The molecule has 5 aliphatic heterocycles. The average molecular weight is 963 g/mol.